The summed E-state index contributed by atoms with van der Waals surface area (Å²) >= 11 is 1.94. The Bertz CT molecular complexity index is 169. The zero-order chi connectivity index (χ0) is 9.68. The summed E-state index contributed by atoms with van der Waals surface area (Å²) in [5.74, 6) is 2.52. The first-order valence-corrected chi connectivity index (χ1v) is 5.95. The van der Waals surface area contributed by atoms with Crippen molar-refractivity contribution >= 4 is 17.7 Å². The minimum atomic E-state index is 0.217. The normalized spacial score (nSPS) is 21.8. The Hall–Kier alpha value is -0.220. The van der Waals surface area contributed by atoms with Crippen LogP contribution in [0, 0.1) is 0 Å². The fraction of sp³-hybridized carbons (Fsp3) is 0.889. The van der Waals surface area contributed by atoms with Crippen LogP contribution < -0.4 is 5.32 Å². The minimum Gasteiger partial charge on any atom is -0.341 e. The Morgan fingerprint density at radius 3 is 3.00 bits per heavy atom. The first-order valence-electron chi connectivity index (χ1n) is 4.79. The lowest BCUT2D eigenvalue weighted by Gasteiger charge is -2.23. The third-order valence-corrected chi connectivity index (χ3v) is 3.52. The fourth-order valence-corrected chi connectivity index (χ4v) is 2.66. The molecule has 0 saturated carbocycles. The van der Waals surface area contributed by atoms with Gasteiger partial charge in [-0.25, -0.2) is 0 Å². The van der Waals surface area contributed by atoms with Gasteiger partial charge in [-0.3, -0.25) is 4.79 Å². The Labute approximate surface area is 84.2 Å². The van der Waals surface area contributed by atoms with Gasteiger partial charge in [-0.2, -0.15) is 11.8 Å². The van der Waals surface area contributed by atoms with Gasteiger partial charge in [0.25, 0.3) is 0 Å². The van der Waals surface area contributed by atoms with Gasteiger partial charge in [-0.15, -0.1) is 0 Å². The maximum atomic E-state index is 11.5. The standard InChI is InChI=1S/C9H18N2OS/c1-3-10-6-9(12)11(2)8-4-5-13-7-8/h8,10H,3-7H2,1-2H3. The zero-order valence-electron chi connectivity index (χ0n) is 8.38. The van der Waals surface area contributed by atoms with Crippen molar-refractivity contribution in [3.8, 4) is 0 Å². The van der Waals surface area contributed by atoms with Crippen LogP contribution in [0.1, 0.15) is 13.3 Å². The first kappa shape index (κ1) is 10.9. The molecule has 1 aliphatic rings. The van der Waals surface area contributed by atoms with Crippen molar-refractivity contribution in [2.45, 2.75) is 19.4 Å². The van der Waals surface area contributed by atoms with E-state index >= 15 is 0 Å². The molecule has 0 radical (unpaired) electrons. The Morgan fingerprint density at radius 2 is 2.46 bits per heavy atom. The van der Waals surface area contributed by atoms with Gasteiger partial charge in [-0.1, -0.05) is 6.92 Å². The van der Waals surface area contributed by atoms with E-state index in [2.05, 4.69) is 5.32 Å². The van der Waals surface area contributed by atoms with Crippen molar-refractivity contribution in [2.24, 2.45) is 0 Å². The number of hydrogen-bond acceptors (Lipinski definition) is 3. The van der Waals surface area contributed by atoms with E-state index in [-0.39, 0.29) is 5.91 Å². The molecule has 1 rings (SSSR count). The largest absolute Gasteiger partial charge is 0.341 e. The molecule has 0 aromatic rings. The number of thioether (sulfide) groups is 1. The van der Waals surface area contributed by atoms with Gasteiger partial charge in [-0.05, 0) is 18.7 Å². The lowest BCUT2D eigenvalue weighted by atomic mass is 10.2. The first-order chi connectivity index (χ1) is 6.25. The van der Waals surface area contributed by atoms with Gasteiger partial charge in [0.2, 0.25) is 5.91 Å². The summed E-state index contributed by atoms with van der Waals surface area (Å²) < 4.78 is 0. The highest BCUT2D eigenvalue weighted by atomic mass is 32.2. The van der Waals surface area contributed by atoms with Crippen LogP contribution in [0.15, 0.2) is 0 Å². The summed E-state index contributed by atoms with van der Waals surface area (Å²) in [4.78, 5) is 13.4. The molecule has 4 heteroatoms. The predicted octanol–water partition coefficient (Wildman–Crippen LogP) is 0.560. The number of likely N-dealkylation sites (N-methyl/N-ethyl adjacent to an activating group) is 2. The van der Waals surface area contributed by atoms with Crippen LogP contribution in [0.5, 0.6) is 0 Å². The minimum absolute atomic E-state index is 0.217. The molecule has 1 heterocycles. The van der Waals surface area contributed by atoms with Crippen molar-refractivity contribution in [2.75, 3.05) is 31.6 Å². The Kier molecular flexibility index (Phi) is 4.59. The average Bonchev–Trinajstić information content (AvgIpc) is 2.65. The molecule has 1 unspecified atom stereocenters. The van der Waals surface area contributed by atoms with E-state index in [1.54, 1.807) is 0 Å². The van der Waals surface area contributed by atoms with E-state index in [1.807, 2.05) is 30.6 Å². The number of hydrogen-bond donors (Lipinski definition) is 1. The molecule has 1 amide bonds. The molecule has 0 aromatic carbocycles. The molecular weight excluding hydrogens is 184 g/mol. The van der Waals surface area contributed by atoms with Crippen LogP contribution in [0.2, 0.25) is 0 Å². The molecule has 0 bridgehead atoms. The summed E-state index contributed by atoms with van der Waals surface area (Å²) in [5, 5.41) is 3.05. The van der Waals surface area contributed by atoms with Crippen LogP contribution in [-0.2, 0) is 4.79 Å². The lowest BCUT2D eigenvalue weighted by molar-refractivity contribution is -0.130. The second-order valence-corrected chi connectivity index (χ2v) is 4.45. The molecule has 0 aliphatic carbocycles. The maximum absolute atomic E-state index is 11.5. The van der Waals surface area contributed by atoms with Gasteiger partial charge in [0.05, 0.1) is 6.54 Å². The molecule has 1 fully saturated rings. The molecule has 0 spiro atoms. The highest BCUT2D eigenvalue weighted by molar-refractivity contribution is 7.99. The molecule has 76 valence electrons. The maximum Gasteiger partial charge on any atom is 0.236 e. The third-order valence-electron chi connectivity index (χ3n) is 2.37. The summed E-state index contributed by atoms with van der Waals surface area (Å²) in [6, 6.07) is 0.469. The molecule has 1 aliphatic heterocycles. The third kappa shape index (κ3) is 3.19. The van der Waals surface area contributed by atoms with E-state index < -0.39 is 0 Å². The summed E-state index contributed by atoms with van der Waals surface area (Å²) in [7, 11) is 1.91. The average molecular weight is 202 g/mol. The SMILES string of the molecule is CCNCC(=O)N(C)C1CCSC1. The van der Waals surface area contributed by atoms with Gasteiger partial charge >= 0.3 is 0 Å². The number of carbonyl (C=O) groups is 1. The molecule has 1 atom stereocenters. The summed E-state index contributed by atoms with van der Waals surface area (Å²) in [6.07, 6.45) is 1.15. The van der Waals surface area contributed by atoms with Gasteiger partial charge in [0.1, 0.15) is 0 Å². The van der Waals surface area contributed by atoms with Gasteiger partial charge in [0.15, 0.2) is 0 Å². The highest BCUT2D eigenvalue weighted by Gasteiger charge is 2.22. The number of carbonyl (C=O) groups excluding carboxylic acids is 1. The predicted molar refractivity (Wildman–Crippen MR) is 57.0 cm³/mol. The molecule has 1 N–H and O–H groups in total. The van der Waals surface area contributed by atoms with E-state index in [1.165, 1.54) is 5.75 Å². The van der Waals surface area contributed by atoms with Gasteiger partial charge in [0, 0.05) is 18.8 Å². The summed E-state index contributed by atoms with van der Waals surface area (Å²) in [6.45, 7) is 3.35. The topological polar surface area (TPSA) is 32.3 Å². The van der Waals surface area contributed by atoms with Crippen LogP contribution >= 0.6 is 11.8 Å². The Balaban J connectivity index is 2.28. The number of nitrogens with zero attached hydrogens (tertiary/aromatic N) is 1. The second-order valence-electron chi connectivity index (χ2n) is 3.30. The fourth-order valence-electron chi connectivity index (χ4n) is 1.39. The van der Waals surface area contributed by atoms with Crippen LogP contribution in [0.3, 0.4) is 0 Å². The van der Waals surface area contributed by atoms with E-state index in [0.717, 1.165) is 18.7 Å². The van der Waals surface area contributed by atoms with Crippen molar-refractivity contribution < 1.29 is 4.79 Å². The van der Waals surface area contributed by atoms with E-state index in [0.29, 0.717) is 12.6 Å². The van der Waals surface area contributed by atoms with Crippen LogP contribution in [-0.4, -0.2) is 48.5 Å². The number of rotatable bonds is 4. The molecule has 3 nitrogen and oxygen atoms in total. The lowest BCUT2D eigenvalue weighted by Crippen LogP contribution is -2.42. The number of nitrogens with one attached hydrogen (secondary N) is 1. The van der Waals surface area contributed by atoms with Crippen molar-refractivity contribution in [3.63, 3.8) is 0 Å². The molecule has 1 saturated heterocycles. The highest BCUT2D eigenvalue weighted by Crippen LogP contribution is 2.21. The molecule has 0 aromatic heterocycles. The molecular formula is C9H18N2OS. The van der Waals surface area contributed by atoms with E-state index in [9.17, 15) is 4.79 Å². The van der Waals surface area contributed by atoms with E-state index in [4.69, 9.17) is 0 Å². The zero-order valence-corrected chi connectivity index (χ0v) is 9.19. The van der Waals surface area contributed by atoms with Crippen LogP contribution in [0.25, 0.3) is 0 Å². The number of amides is 1. The smallest absolute Gasteiger partial charge is 0.236 e. The quantitative estimate of drug-likeness (QED) is 0.723. The van der Waals surface area contributed by atoms with Gasteiger partial charge < -0.3 is 10.2 Å². The van der Waals surface area contributed by atoms with Crippen molar-refractivity contribution in [3.05, 3.63) is 0 Å². The second kappa shape index (κ2) is 5.50. The monoisotopic (exact) mass is 202 g/mol. The summed E-state index contributed by atoms with van der Waals surface area (Å²) in [5.41, 5.74) is 0. The van der Waals surface area contributed by atoms with Crippen LogP contribution in [0.4, 0.5) is 0 Å². The Morgan fingerprint density at radius 1 is 1.69 bits per heavy atom. The van der Waals surface area contributed by atoms with Crippen molar-refractivity contribution in [1.82, 2.24) is 10.2 Å². The molecule has 13 heavy (non-hydrogen) atoms. The van der Waals surface area contributed by atoms with Crippen molar-refractivity contribution in [1.29, 1.82) is 0 Å².